The Balaban J connectivity index is 3.50. The zero-order valence-corrected chi connectivity index (χ0v) is 11.4. The largest absolute Gasteiger partial charge is 0.508 e. The van der Waals surface area contributed by atoms with E-state index in [4.69, 9.17) is 14.2 Å². The van der Waals surface area contributed by atoms with Crippen LogP contribution in [0.5, 0.6) is 0 Å². The number of carbonyl (C=O) groups excluding carboxylic acids is 2. The van der Waals surface area contributed by atoms with Gasteiger partial charge < -0.3 is 18.9 Å². The summed E-state index contributed by atoms with van der Waals surface area (Å²) in [6, 6.07) is 0. The first-order valence-corrected chi connectivity index (χ1v) is 6.03. The van der Waals surface area contributed by atoms with Crippen LogP contribution < -0.4 is 0 Å². The molecule has 106 valence electrons. The molecule has 0 saturated heterocycles. The average molecular weight is 262 g/mol. The standard InChI is InChI=1S/C12H22O6/c1-9(2)17-12(14)18-10(3)7-5-6-8-16-11(13)15-4/h9-10H,5-8H2,1-4H3. The van der Waals surface area contributed by atoms with Gasteiger partial charge >= 0.3 is 12.3 Å². The average Bonchev–Trinajstić information content (AvgIpc) is 2.26. The third-order valence-corrected chi connectivity index (χ3v) is 2.02. The number of hydrogen-bond donors (Lipinski definition) is 0. The van der Waals surface area contributed by atoms with Crippen molar-refractivity contribution in [1.82, 2.24) is 0 Å². The molecule has 0 aliphatic rings. The van der Waals surface area contributed by atoms with E-state index in [1.807, 2.05) is 0 Å². The highest BCUT2D eigenvalue weighted by atomic mass is 16.7. The highest BCUT2D eigenvalue weighted by molar-refractivity contribution is 5.60. The van der Waals surface area contributed by atoms with Crippen molar-refractivity contribution in [1.29, 1.82) is 0 Å². The van der Waals surface area contributed by atoms with Gasteiger partial charge in [-0.3, -0.25) is 0 Å². The van der Waals surface area contributed by atoms with Crippen molar-refractivity contribution in [3.05, 3.63) is 0 Å². The van der Waals surface area contributed by atoms with Crippen LogP contribution in [-0.4, -0.2) is 38.2 Å². The van der Waals surface area contributed by atoms with Crippen molar-refractivity contribution in [2.24, 2.45) is 0 Å². The van der Waals surface area contributed by atoms with Gasteiger partial charge in [0.05, 0.1) is 19.8 Å². The minimum atomic E-state index is -0.681. The quantitative estimate of drug-likeness (QED) is 0.519. The lowest BCUT2D eigenvalue weighted by molar-refractivity contribution is 0.00902. The number of ether oxygens (including phenoxy) is 4. The van der Waals surface area contributed by atoms with E-state index in [0.29, 0.717) is 19.4 Å². The number of carbonyl (C=O) groups is 2. The second kappa shape index (κ2) is 9.56. The zero-order chi connectivity index (χ0) is 14.0. The fraction of sp³-hybridized carbons (Fsp3) is 0.833. The molecule has 18 heavy (non-hydrogen) atoms. The van der Waals surface area contributed by atoms with E-state index in [0.717, 1.165) is 6.42 Å². The van der Waals surface area contributed by atoms with Crippen molar-refractivity contribution in [3.63, 3.8) is 0 Å². The summed E-state index contributed by atoms with van der Waals surface area (Å²) in [5, 5.41) is 0. The normalized spacial score (nSPS) is 11.8. The Kier molecular flexibility index (Phi) is 8.78. The van der Waals surface area contributed by atoms with Crippen LogP contribution in [0.1, 0.15) is 40.0 Å². The predicted molar refractivity (Wildman–Crippen MR) is 64.4 cm³/mol. The van der Waals surface area contributed by atoms with Crippen LogP contribution in [-0.2, 0) is 18.9 Å². The van der Waals surface area contributed by atoms with Crippen LogP contribution in [0, 0.1) is 0 Å². The van der Waals surface area contributed by atoms with E-state index in [1.165, 1.54) is 7.11 Å². The molecule has 0 aliphatic heterocycles. The molecule has 0 N–H and O–H groups in total. The Hall–Kier alpha value is -1.46. The molecule has 0 saturated carbocycles. The van der Waals surface area contributed by atoms with Crippen LogP contribution in [0.15, 0.2) is 0 Å². The fourth-order valence-corrected chi connectivity index (χ4v) is 1.19. The van der Waals surface area contributed by atoms with Crippen LogP contribution >= 0.6 is 0 Å². The molecule has 0 amide bonds. The lowest BCUT2D eigenvalue weighted by Crippen LogP contribution is -2.19. The summed E-state index contributed by atoms with van der Waals surface area (Å²) in [6.07, 6.45) is 0.447. The molecule has 0 radical (unpaired) electrons. The van der Waals surface area contributed by atoms with Gasteiger partial charge in [0.25, 0.3) is 0 Å². The monoisotopic (exact) mass is 262 g/mol. The van der Waals surface area contributed by atoms with E-state index in [-0.39, 0.29) is 12.2 Å². The molecule has 0 bridgehead atoms. The van der Waals surface area contributed by atoms with Gasteiger partial charge in [0, 0.05) is 0 Å². The highest BCUT2D eigenvalue weighted by Gasteiger charge is 2.11. The first-order valence-electron chi connectivity index (χ1n) is 6.03. The zero-order valence-electron chi connectivity index (χ0n) is 11.4. The van der Waals surface area contributed by atoms with E-state index < -0.39 is 12.3 Å². The summed E-state index contributed by atoms with van der Waals surface area (Å²) < 4.78 is 18.9. The van der Waals surface area contributed by atoms with E-state index in [1.54, 1.807) is 20.8 Å². The highest BCUT2D eigenvalue weighted by Crippen LogP contribution is 2.07. The Labute approximate surface area is 108 Å². The second-order valence-electron chi connectivity index (χ2n) is 4.14. The molecule has 1 unspecified atom stereocenters. The first-order chi connectivity index (χ1) is 8.45. The maximum Gasteiger partial charge on any atom is 0.508 e. The summed E-state index contributed by atoms with van der Waals surface area (Å²) in [5.74, 6) is 0. The lowest BCUT2D eigenvalue weighted by Gasteiger charge is -2.14. The van der Waals surface area contributed by atoms with Crippen LogP contribution in [0.2, 0.25) is 0 Å². The van der Waals surface area contributed by atoms with Gasteiger partial charge in [-0.2, -0.15) is 0 Å². The molecule has 0 spiro atoms. The maximum absolute atomic E-state index is 11.2. The minimum Gasteiger partial charge on any atom is -0.438 e. The maximum atomic E-state index is 11.2. The van der Waals surface area contributed by atoms with Crippen molar-refractivity contribution in [2.75, 3.05) is 13.7 Å². The van der Waals surface area contributed by atoms with Crippen molar-refractivity contribution in [2.45, 2.75) is 52.2 Å². The molecule has 0 rings (SSSR count). The van der Waals surface area contributed by atoms with Gasteiger partial charge in [0.15, 0.2) is 0 Å². The summed E-state index contributed by atoms with van der Waals surface area (Å²) in [7, 11) is 1.26. The van der Waals surface area contributed by atoms with Gasteiger partial charge in [0.1, 0.15) is 6.10 Å². The molecular weight excluding hydrogens is 240 g/mol. The van der Waals surface area contributed by atoms with Crippen molar-refractivity contribution >= 4 is 12.3 Å². The Bertz CT molecular complexity index is 251. The van der Waals surface area contributed by atoms with Crippen LogP contribution in [0.3, 0.4) is 0 Å². The SMILES string of the molecule is COC(=O)OCCCCC(C)OC(=O)OC(C)C. The third-order valence-electron chi connectivity index (χ3n) is 2.02. The third kappa shape index (κ3) is 9.74. The minimum absolute atomic E-state index is 0.182. The first kappa shape index (κ1) is 16.5. The topological polar surface area (TPSA) is 71.1 Å². The number of unbranched alkanes of at least 4 members (excludes halogenated alkanes) is 1. The number of hydrogen-bond acceptors (Lipinski definition) is 6. The van der Waals surface area contributed by atoms with Gasteiger partial charge in [-0.05, 0) is 40.0 Å². The molecular formula is C12H22O6. The Morgan fingerprint density at radius 1 is 1.00 bits per heavy atom. The van der Waals surface area contributed by atoms with Gasteiger partial charge in [0.2, 0.25) is 0 Å². The lowest BCUT2D eigenvalue weighted by atomic mass is 10.2. The summed E-state index contributed by atoms with van der Waals surface area (Å²) in [6.45, 7) is 5.62. The summed E-state index contributed by atoms with van der Waals surface area (Å²) in [5.41, 5.74) is 0. The summed E-state index contributed by atoms with van der Waals surface area (Å²) >= 11 is 0. The van der Waals surface area contributed by atoms with E-state index in [2.05, 4.69) is 4.74 Å². The van der Waals surface area contributed by atoms with Crippen LogP contribution in [0.25, 0.3) is 0 Å². The van der Waals surface area contributed by atoms with Crippen LogP contribution in [0.4, 0.5) is 9.59 Å². The van der Waals surface area contributed by atoms with Gasteiger partial charge in [-0.15, -0.1) is 0 Å². The molecule has 0 fully saturated rings. The van der Waals surface area contributed by atoms with Crippen molar-refractivity contribution < 1.29 is 28.5 Å². The second-order valence-corrected chi connectivity index (χ2v) is 4.14. The molecule has 1 atom stereocenters. The fourth-order valence-electron chi connectivity index (χ4n) is 1.19. The summed E-state index contributed by atoms with van der Waals surface area (Å²) in [4.78, 5) is 21.8. The van der Waals surface area contributed by atoms with Gasteiger partial charge in [-0.1, -0.05) is 0 Å². The van der Waals surface area contributed by atoms with Crippen molar-refractivity contribution in [3.8, 4) is 0 Å². The smallest absolute Gasteiger partial charge is 0.438 e. The number of methoxy groups -OCH3 is 1. The van der Waals surface area contributed by atoms with E-state index >= 15 is 0 Å². The molecule has 0 aliphatic carbocycles. The molecule has 0 aromatic heterocycles. The molecule has 6 nitrogen and oxygen atoms in total. The molecule has 0 aromatic carbocycles. The molecule has 0 heterocycles. The predicted octanol–water partition coefficient (Wildman–Crippen LogP) is 2.89. The van der Waals surface area contributed by atoms with Gasteiger partial charge in [-0.25, -0.2) is 9.59 Å². The Morgan fingerprint density at radius 2 is 1.67 bits per heavy atom. The molecule has 0 aromatic rings. The number of rotatable bonds is 7. The molecule has 6 heteroatoms. The van der Waals surface area contributed by atoms with E-state index in [9.17, 15) is 9.59 Å². The Morgan fingerprint density at radius 3 is 2.22 bits per heavy atom.